The minimum absolute atomic E-state index is 0.676. The molecule has 1 aromatic heterocycles. The maximum atomic E-state index is 3.57. The molecule has 0 saturated carbocycles. The summed E-state index contributed by atoms with van der Waals surface area (Å²) in [5, 5.41) is 4.94. The first-order valence-electron chi connectivity index (χ1n) is 7.22. The monoisotopic (exact) mass is 257 g/mol. The number of benzene rings is 1. The summed E-state index contributed by atoms with van der Waals surface area (Å²) >= 11 is 0. The molecule has 2 heterocycles. The van der Waals surface area contributed by atoms with Crippen LogP contribution in [0.5, 0.6) is 0 Å². The third kappa shape index (κ3) is 2.67. The molecule has 3 nitrogen and oxygen atoms in total. The highest BCUT2D eigenvalue weighted by molar-refractivity contribution is 5.84. The third-order valence-electron chi connectivity index (χ3n) is 4.15. The maximum absolute atomic E-state index is 3.57. The van der Waals surface area contributed by atoms with Gasteiger partial charge in [0.25, 0.3) is 0 Å². The number of hydrogen-bond acceptors (Lipinski definition) is 2. The van der Waals surface area contributed by atoms with Crippen molar-refractivity contribution in [3.05, 3.63) is 35.5 Å². The average Bonchev–Trinajstić information content (AvgIpc) is 2.99. The zero-order valence-electron chi connectivity index (χ0n) is 11.9. The van der Waals surface area contributed by atoms with Crippen LogP contribution in [0.15, 0.2) is 24.3 Å². The van der Waals surface area contributed by atoms with Gasteiger partial charge in [-0.05, 0) is 45.0 Å². The van der Waals surface area contributed by atoms with Crippen LogP contribution in [0.2, 0.25) is 0 Å². The summed E-state index contributed by atoms with van der Waals surface area (Å²) < 4.78 is 0. The zero-order valence-corrected chi connectivity index (χ0v) is 11.9. The second-order valence-electron chi connectivity index (χ2n) is 5.76. The van der Waals surface area contributed by atoms with Gasteiger partial charge in [0.1, 0.15) is 0 Å². The second kappa shape index (κ2) is 5.35. The molecule has 0 spiro atoms. The van der Waals surface area contributed by atoms with Crippen LogP contribution in [-0.2, 0) is 6.54 Å². The van der Waals surface area contributed by atoms with Crippen molar-refractivity contribution in [1.82, 2.24) is 15.2 Å². The Bertz CT molecular complexity index is 552. The van der Waals surface area contributed by atoms with Gasteiger partial charge in [-0.25, -0.2) is 0 Å². The number of nitrogens with zero attached hydrogens (tertiary/aromatic N) is 1. The van der Waals surface area contributed by atoms with Crippen LogP contribution in [0.3, 0.4) is 0 Å². The molecule has 1 aromatic carbocycles. The van der Waals surface area contributed by atoms with Gasteiger partial charge in [0.15, 0.2) is 0 Å². The Hall–Kier alpha value is -1.32. The summed E-state index contributed by atoms with van der Waals surface area (Å²) in [4.78, 5) is 5.92. The first kappa shape index (κ1) is 12.7. The zero-order chi connectivity index (χ0) is 13.2. The van der Waals surface area contributed by atoms with Crippen molar-refractivity contribution in [2.24, 2.45) is 0 Å². The number of hydrogen-bond donors (Lipinski definition) is 2. The van der Waals surface area contributed by atoms with E-state index >= 15 is 0 Å². The molecule has 1 unspecified atom stereocenters. The van der Waals surface area contributed by atoms with E-state index in [0.29, 0.717) is 6.04 Å². The van der Waals surface area contributed by atoms with Crippen molar-refractivity contribution in [3.8, 4) is 0 Å². The number of nitrogens with one attached hydrogen (secondary N) is 2. The van der Waals surface area contributed by atoms with Gasteiger partial charge in [-0.1, -0.05) is 18.2 Å². The third-order valence-corrected chi connectivity index (χ3v) is 4.15. The highest BCUT2D eigenvalue weighted by atomic mass is 15.1. The van der Waals surface area contributed by atoms with Gasteiger partial charge in [-0.15, -0.1) is 0 Å². The van der Waals surface area contributed by atoms with Gasteiger partial charge in [0.2, 0.25) is 0 Å². The summed E-state index contributed by atoms with van der Waals surface area (Å²) in [5.41, 5.74) is 3.99. The molecule has 2 aromatic rings. The average molecular weight is 257 g/mol. The molecule has 102 valence electrons. The van der Waals surface area contributed by atoms with E-state index < -0.39 is 0 Å². The molecule has 1 fully saturated rings. The molecule has 2 N–H and O–H groups in total. The lowest BCUT2D eigenvalue weighted by Crippen LogP contribution is -2.35. The molecule has 19 heavy (non-hydrogen) atoms. The smallest absolute Gasteiger partial charge is 0.0459 e. The molecule has 3 heteroatoms. The predicted octanol–water partition coefficient (Wildman–Crippen LogP) is 2.66. The molecule has 0 bridgehead atoms. The summed E-state index contributed by atoms with van der Waals surface area (Å²) in [5.74, 6) is 0. The SMILES string of the molecule is Cc1[nH]c2ccccc2c1CN(C)CC1CCCN1. The Morgan fingerprint density at radius 2 is 2.16 bits per heavy atom. The fourth-order valence-corrected chi connectivity index (χ4v) is 3.16. The van der Waals surface area contributed by atoms with E-state index in [2.05, 4.69) is 53.4 Å². The quantitative estimate of drug-likeness (QED) is 0.882. The lowest BCUT2D eigenvalue weighted by Gasteiger charge is -2.21. The summed E-state index contributed by atoms with van der Waals surface area (Å²) in [7, 11) is 2.22. The van der Waals surface area contributed by atoms with Crippen LogP contribution in [0.1, 0.15) is 24.1 Å². The Morgan fingerprint density at radius 3 is 2.95 bits per heavy atom. The molecule has 1 saturated heterocycles. The molecule has 1 atom stereocenters. The topological polar surface area (TPSA) is 31.1 Å². The van der Waals surface area contributed by atoms with Crippen molar-refractivity contribution >= 4 is 10.9 Å². The predicted molar refractivity (Wildman–Crippen MR) is 80.4 cm³/mol. The van der Waals surface area contributed by atoms with E-state index in [4.69, 9.17) is 0 Å². The second-order valence-corrected chi connectivity index (χ2v) is 5.76. The first-order valence-corrected chi connectivity index (χ1v) is 7.22. The van der Waals surface area contributed by atoms with Crippen LogP contribution in [0.4, 0.5) is 0 Å². The van der Waals surface area contributed by atoms with E-state index in [1.165, 1.54) is 41.5 Å². The number of aryl methyl sites for hydroxylation is 1. The number of fused-ring (bicyclic) bond motifs is 1. The van der Waals surface area contributed by atoms with E-state index in [1.807, 2.05) is 0 Å². The highest BCUT2D eigenvalue weighted by Crippen LogP contribution is 2.23. The lowest BCUT2D eigenvalue weighted by atomic mass is 10.1. The van der Waals surface area contributed by atoms with Crippen LogP contribution >= 0.6 is 0 Å². The standard InChI is InChI=1S/C16H23N3/c1-12-15(14-7-3-4-8-16(14)18-12)11-19(2)10-13-6-5-9-17-13/h3-4,7-8,13,17-18H,5-6,9-11H2,1-2H3. The Balaban J connectivity index is 1.75. The molecule has 1 aliphatic heterocycles. The maximum Gasteiger partial charge on any atom is 0.0459 e. The number of aromatic amines is 1. The Morgan fingerprint density at radius 1 is 1.32 bits per heavy atom. The molecule has 0 radical (unpaired) electrons. The first-order chi connectivity index (χ1) is 9.24. The van der Waals surface area contributed by atoms with Gasteiger partial charge < -0.3 is 15.2 Å². The van der Waals surface area contributed by atoms with E-state index in [0.717, 1.165) is 13.1 Å². The van der Waals surface area contributed by atoms with Gasteiger partial charge in [-0.2, -0.15) is 0 Å². The number of rotatable bonds is 4. The minimum atomic E-state index is 0.676. The molecular weight excluding hydrogens is 234 g/mol. The lowest BCUT2D eigenvalue weighted by molar-refractivity contribution is 0.293. The number of likely N-dealkylation sites (N-methyl/N-ethyl adjacent to an activating group) is 1. The molecule has 0 amide bonds. The number of aromatic nitrogens is 1. The van der Waals surface area contributed by atoms with E-state index in [9.17, 15) is 0 Å². The largest absolute Gasteiger partial charge is 0.358 e. The number of H-pyrrole nitrogens is 1. The normalized spacial score (nSPS) is 19.6. The van der Waals surface area contributed by atoms with Crippen LogP contribution < -0.4 is 5.32 Å². The summed E-state index contributed by atoms with van der Waals surface area (Å²) in [6.07, 6.45) is 2.64. The van der Waals surface area contributed by atoms with Crippen LogP contribution in [0.25, 0.3) is 10.9 Å². The van der Waals surface area contributed by atoms with E-state index in [-0.39, 0.29) is 0 Å². The van der Waals surface area contributed by atoms with E-state index in [1.54, 1.807) is 0 Å². The molecular formula is C16H23N3. The Labute approximate surface area is 115 Å². The van der Waals surface area contributed by atoms with Gasteiger partial charge in [0, 0.05) is 35.7 Å². The summed E-state index contributed by atoms with van der Waals surface area (Å²) in [6, 6.07) is 9.27. The van der Waals surface area contributed by atoms with Crippen molar-refractivity contribution in [2.45, 2.75) is 32.4 Å². The van der Waals surface area contributed by atoms with Crippen molar-refractivity contribution in [1.29, 1.82) is 0 Å². The molecule has 3 rings (SSSR count). The van der Waals surface area contributed by atoms with Crippen LogP contribution in [-0.4, -0.2) is 36.1 Å². The fourth-order valence-electron chi connectivity index (χ4n) is 3.16. The fraction of sp³-hybridized carbons (Fsp3) is 0.500. The summed E-state index contributed by atoms with van der Waals surface area (Å²) in [6.45, 7) is 5.52. The molecule has 0 aliphatic carbocycles. The van der Waals surface area contributed by atoms with Crippen molar-refractivity contribution < 1.29 is 0 Å². The van der Waals surface area contributed by atoms with Gasteiger partial charge in [0.05, 0.1) is 0 Å². The number of para-hydroxylation sites is 1. The molecule has 1 aliphatic rings. The van der Waals surface area contributed by atoms with Crippen molar-refractivity contribution in [2.75, 3.05) is 20.1 Å². The van der Waals surface area contributed by atoms with Crippen LogP contribution in [0, 0.1) is 6.92 Å². The van der Waals surface area contributed by atoms with Gasteiger partial charge in [-0.3, -0.25) is 0 Å². The highest BCUT2D eigenvalue weighted by Gasteiger charge is 2.17. The van der Waals surface area contributed by atoms with Crippen molar-refractivity contribution in [3.63, 3.8) is 0 Å². The Kier molecular flexibility index (Phi) is 3.58. The minimum Gasteiger partial charge on any atom is -0.358 e. The van der Waals surface area contributed by atoms with Gasteiger partial charge >= 0.3 is 0 Å².